The fourth-order valence-corrected chi connectivity index (χ4v) is 3.69. The number of amides is 2. The minimum atomic E-state index is -1.15. The molecule has 2 aliphatic rings. The summed E-state index contributed by atoms with van der Waals surface area (Å²) < 4.78 is 11.4. The van der Waals surface area contributed by atoms with Crippen LogP contribution < -0.4 is 14.4 Å². The van der Waals surface area contributed by atoms with Gasteiger partial charge in [0.2, 0.25) is 0 Å². The number of carbonyl (C=O) groups excluding carboxylic acids is 2. The van der Waals surface area contributed by atoms with Crippen molar-refractivity contribution in [1.29, 1.82) is 0 Å². The Morgan fingerprint density at radius 2 is 1.71 bits per heavy atom. The lowest BCUT2D eigenvalue weighted by atomic mass is 10.1. The molecule has 0 radical (unpaired) electrons. The number of methoxy groups -OCH3 is 1. The number of carboxylic acids is 1. The number of anilines is 1. The molecule has 7 nitrogen and oxygen atoms in total. The standard InChI is InChI=1S/C21H19NO6/c1-27-17-9-7-13(11-18(17)28-14-4-2-3-5-14)22-19(23)15-8-6-12(21(25)26)10-16(15)20(22)24/h6-11,14H,2-5H2,1H3,(H,25,26). The molecule has 1 N–H and O–H groups in total. The molecule has 0 atom stereocenters. The zero-order valence-corrected chi connectivity index (χ0v) is 15.3. The predicted molar refractivity (Wildman–Crippen MR) is 100 cm³/mol. The molecule has 0 unspecified atom stereocenters. The zero-order chi connectivity index (χ0) is 19.8. The van der Waals surface area contributed by atoms with Crippen molar-refractivity contribution in [2.24, 2.45) is 0 Å². The van der Waals surface area contributed by atoms with E-state index in [1.165, 1.54) is 25.3 Å². The molecule has 0 saturated heterocycles. The van der Waals surface area contributed by atoms with Crippen molar-refractivity contribution in [2.45, 2.75) is 31.8 Å². The number of hydrogen-bond donors (Lipinski definition) is 1. The van der Waals surface area contributed by atoms with Crippen LogP contribution in [0.1, 0.15) is 56.8 Å². The second-order valence-electron chi connectivity index (χ2n) is 6.87. The average Bonchev–Trinajstić information content (AvgIpc) is 3.28. The van der Waals surface area contributed by atoms with E-state index in [1.807, 2.05) is 0 Å². The third-order valence-electron chi connectivity index (χ3n) is 5.13. The van der Waals surface area contributed by atoms with Crippen LogP contribution in [0.3, 0.4) is 0 Å². The lowest BCUT2D eigenvalue weighted by Crippen LogP contribution is -2.29. The SMILES string of the molecule is COc1ccc(N2C(=O)c3ccc(C(=O)O)cc3C2=O)cc1OC1CCCC1. The van der Waals surface area contributed by atoms with Crippen LogP contribution in [0.5, 0.6) is 11.5 Å². The van der Waals surface area contributed by atoms with Gasteiger partial charge in [-0.25, -0.2) is 9.69 Å². The Balaban J connectivity index is 1.69. The van der Waals surface area contributed by atoms with E-state index in [9.17, 15) is 14.4 Å². The van der Waals surface area contributed by atoms with Gasteiger partial charge in [-0.3, -0.25) is 9.59 Å². The summed E-state index contributed by atoms with van der Waals surface area (Å²) in [7, 11) is 1.53. The third kappa shape index (κ3) is 2.98. The maximum absolute atomic E-state index is 12.8. The van der Waals surface area contributed by atoms with Crippen LogP contribution >= 0.6 is 0 Å². The molecule has 1 fully saturated rings. The molecular weight excluding hydrogens is 362 g/mol. The van der Waals surface area contributed by atoms with Crippen LogP contribution in [-0.4, -0.2) is 36.1 Å². The Morgan fingerprint density at radius 1 is 1.00 bits per heavy atom. The van der Waals surface area contributed by atoms with Gasteiger partial charge in [0.05, 0.1) is 35.6 Å². The molecule has 1 saturated carbocycles. The molecule has 144 valence electrons. The first-order chi connectivity index (χ1) is 13.5. The molecule has 28 heavy (non-hydrogen) atoms. The quantitative estimate of drug-likeness (QED) is 0.797. The van der Waals surface area contributed by atoms with Crippen LogP contribution in [0, 0.1) is 0 Å². The third-order valence-corrected chi connectivity index (χ3v) is 5.13. The number of benzene rings is 2. The number of aromatic carboxylic acids is 1. The van der Waals surface area contributed by atoms with Crippen molar-refractivity contribution < 1.29 is 29.0 Å². The molecule has 7 heteroatoms. The van der Waals surface area contributed by atoms with Gasteiger partial charge in [-0.2, -0.15) is 0 Å². The first-order valence-electron chi connectivity index (χ1n) is 9.10. The van der Waals surface area contributed by atoms with Crippen molar-refractivity contribution in [3.8, 4) is 11.5 Å². The van der Waals surface area contributed by atoms with Gasteiger partial charge in [0.15, 0.2) is 11.5 Å². The van der Waals surface area contributed by atoms with Gasteiger partial charge in [0, 0.05) is 6.07 Å². The number of hydrogen-bond acceptors (Lipinski definition) is 5. The highest BCUT2D eigenvalue weighted by Gasteiger charge is 2.37. The van der Waals surface area contributed by atoms with E-state index in [-0.39, 0.29) is 22.8 Å². The molecule has 0 bridgehead atoms. The van der Waals surface area contributed by atoms with Gasteiger partial charge in [-0.1, -0.05) is 0 Å². The maximum Gasteiger partial charge on any atom is 0.335 e. The monoisotopic (exact) mass is 381 g/mol. The molecule has 2 aromatic rings. The Morgan fingerprint density at radius 3 is 2.39 bits per heavy atom. The van der Waals surface area contributed by atoms with Crippen LogP contribution in [0.15, 0.2) is 36.4 Å². The fraction of sp³-hybridized carbons (Fsp3) is 0.286. The fourth-order valence-electron chi connectivity index (χ4n) is 3.69. The number of rotatable bonds is 5. The first-order valence-corrected chi connectivity index (χ1v) is 9.10. The van der Waals surface area contributed by atoms with E-state index in [0.717, 1.165) is 30.6 Å². The summed E-state index contributed by atoms with van der Waals surface area (Å²) >= 11 is 0. The first kappa shape index (κ1) is 18.0. The van der Waals surface area contributed by atoms with Crippen molar-refractivity contribution in [3.63, 3.8) is 0 Å². The van der Waals surface area contributed by atoms with Gasteiger partial charge in [0.25, 0.3) is 11.8 Å². The highest BCUT2D eigenvalue weighted by molar-refractivity contribution is 6.34. The average molecular weight is 381 g/mol. The van der Waals surface area contributed by atoms with Gasteiger partial charge in [-0.15, -0.1) is 0 Å². The summed E-state index contributed by atoms with van der Waals surface area (Å²) in [5.74, 6) is -1.19. The normalized spacial score (nSPS) is 16.4. The number of fused-ring (bicyclic) bond motifs is 1. The highest BCUT2D eigenvalue weighted by Crippen LogP contribution is 2.37. The Hall–Kier alpha value is -3.35. The van der Waals surface area contributed by atoms with Gasteiger partial charge >= 0.3 is 5.97 Å². The largest absolute Gasteiger partial charge is 0.493 e. The number of nitrogens with zero attached hydrogens (tertiary/aromatic N) is 1. The lowest BCUT2D eigenvalue weighted by Gasteiger charge is -2.19. The van der Waals surface area contributed by atoms with Gasteiger partial charge < -0.3 is 14.6 Å². The molecule has 1 heterocycles. The van der Waals surface area contributed by atoms with E-state index >= 15 is 0 Å². The van der Waals surface area contributed by atoms with E-state index in [4.69, 9.17) is 14.6 Å². The van der Waals surface area contributed by atoms with Crippen molar-refractivity contribution in [3.05, 3.63) is 53.1 Å². The summed E-state index contributed by atoms with van der Waals surface area (Å²) in [6.07, 6.45) is 4.22. The van der Waals surface area contributed by atoms with E-state index in [0.29, 0.717) is 17.2 Å². The second-order valence-corrected chi connectivity index (χ2v) is 6.87. The van der Waals surface area contributed by atoms with Crippen LogP contribution in [-0.2, 0) is 0 Å². The number of carboxylic acid groups (broad SMARTS) is 1. The molecule has 4 rings (SSSR count). The summed E-state index contributed by atoms with van der Waals surface area (Å²) in [5, 5.41) is 9.14. The van der Waals surface area contributed by atoms with Crippen LogP contribution in [0.4, 0.5) is 5.69 Å². The van der Waals surface area contributed by atoms with Gasteiger partial charge in [-0.05, 0) is 56.0 Å². The van der Waals surface area contributed by atoms with E-state index in [1.54, 1.807) is 18.2 Å². The lowest BCUT2D eigenvalue weighted by molar-refractivity contribution is 0.0696. The highest BCUT2D eigenvalue weighted by atomic mass is 16.5. The Bertz CT molecular complexity index is 977. The number of carbonyl (C=O) groups is 3. The molecule has 1 aliphatic heterocycles. The molecule has 1 aliphatic carbocycles. The molecule has 0 aromatic heterocycles. The summed E-state index contributed by atoms with van der Waals surface area (Å²) in [6, 6.07) is 8.82. The van der Waals surface area contributed by atoms with Crippen molar-refractivity contribution in [1.82, 2.24) is 0 Å². The minimum Gasteiger partial charge on any atom is -0.493 e. The molecular formula is C21H19NO6. The number of ether oxygens (including phenoxy) is 2. The molecule has 0 spiro atoms. The summed E-state index contributed by atoms with van der Waals surface area (Å²) in [4.78, 5) is 37.8. The topological polar surface area (TPSA) is 93.1 Å². The van der Waals surface area contributed by atoms with E-state index < -0.39 is 17.8 Å². The zero-order valence-electron chi connectivity index (χ0n) is 15.3. The number of imide groups is 1. The van der Waals surface area contributed by atoms with Crippen molar-refractivity contribution >= 4 is 23.5 Å². The maximum atomic E-state index is 12.8. The smallest absolute Gasteiger partial charge is 0.335 e. The predicted octanol–water partition coefficient (Wildman–Crippen LogP) is 3.52. The Kier molecular flexibility index (Phi) is 4.50. The summed E-state index contributed by atoms with van der Waals surface area (Å²) in [5.41, 5.74) is 0.585. The van der Waals surface area contributed by atoms with Crippen LogP contribution in [0.25, 0.3) is 0 Å². The van der Waals surface area contributed by atoms with E-state index in [2.05, 4.69) is 0 Å². The molecule has 2 aromatic carbocycles. The van der Waals surface area contributed by atoms with Gasteiger partial charge in [0.1, 0.15) is 0 Å². The summed E-state index contributed by atoms with van der Waals surface area (Å²) in [6.45, 7) is 0. The minimum absolute atomic E-state index is 0.0401. The van der Waals surface area contributed by atoms with Crippen LogP contribution in [0.2, 0.25) is 0 Å². The van der Waals surface area contributed by atoms with Crippen molar-refractivity contribution in [2.75, 3.05) is 12.0 Å². The second kappa shape index (κ2) is 6.99. The molecule has 2 amide bonds. The Labute approximate surface area is 161 Å².